The van der Waals surface area contributed by atoms with E-state index in [1.165, 1.54) is 0 Å². The summed E-state index contributed by atoms with van der Waals surface area (Å²) in [6.45, 7) is 9.63. The first-order valence-electron chi connectivity index (χ1n) is 5.96. The van der Waals surface area contributed by atoms with Gasteiger partial charge in [-0.1, -0.05) is 24.8 Å². The lowest BCUT2D eigenvalue weighted by Crippen LogP contribution is -1.91. The standard InChI is InChI=1S/C16H17N3/c1-5-16(19-18)12(3)9-11(2)15-8-6-7-14(10-17)13(15)4/h5-9,18H,3H2,1-2,4H3/b11-9+,16-5-,19-18?. The molecule has 0 spiro atoms. The van der Waals surface area contributed by atoms with Crippen molar-refractivity contribution < 1.29 is 0 Å². The molecule has 0 aliphatic heterocycles. The minimum Gasteiger partial charge on any atom is -0.204 e. The Morgan fingerprint density at radius 1 is 1.47 bits per heavy atom. The summed E-state index contributed by atoms with van der Waals surface area (Å²) in [7, 11) is 0. The van der Waals surface area contributed by atoms with Crippen molar-refractivity contribution in [2.45, 2.75) is 20.8 Å². The molecule has 1 aromatic rings. The monoisotopic (exact) mass is 251 g/mol. The molecule has 0 bridgehead atoms. The topological polar surface area (TPSA) is 60.0 Å². The van der Waals surface area contributed by atoms with Gasteiger partial charge in [0.05, 0.1) is 17.3 Å². The quantitative estimate of drug-likeness (QED) is 0.608. The second-order valence-corrected chi connectivity index (χ2v) is 4.23. The lowest BCUT2D eigenvalue weighted by Gasteiger charge is -2.08. The highest BCUT2D eigenvalue weighted by atomic mass is 15.0. The molecule has 0 unspecified atom stereocenters. The summed E-state index contributed by atoms with van der Waals surface area (Å²) in [5, 5.41) is 12.5. The smallest absolute Gasteiger partial charge is 0.0994 e. The fourth-order valence-corrected chi connectivity index (χ4v) is 1.92. The first-order valence-corrected chi connectivity index (χ1v) is 5.96. The van der Waals surface area contributed by atoms with Crippen molar-refractivity contribution in [1.29, 1.82) is 10.8 Å². The van der Waals surface area contributed by atoms with Gasteiger partial charge < -0.3 is 0 Å². The maximum Gasteiger partial charge on any atom is 0.0994 e. The molecule has 1 rings (SSSR count). The van der Waals surface area contributed by atoms with Crippen molar-refractivity contribution >= 4 is 5.57 Å². The SMILES string of the molecule is C=C(/C=C(\C)c1cccc(C#N)c1C)/C(=C/C)N=N. The normalized spacial score (nSPS) is 11.9. The van der Waals surface area contributed by atoms with Crippen LogP contribution in [0.25, 0.3) is 5.57 Å². The van der Waals surface area contributed by atoms with E-state index in [4.69, 9.17) is 10.8 Å². The van der Waals surface area contributed by atoms with Crippen molar-refractivity contribution in [1.82, 2.24) is 0 Å². The van der Waals surface area contributed by atoms with Gasteiger partial charge in [-0.3, -0.25) is 0 Å². The number of benzene rings is 1. The number of hydrogen-bond acceptors (Lipinski definition) is 3. The van der Waals surface area contributed by atoms with Crippen LogP contribution in [0, 0.1) is 23.8 Å². The Morgan fingerprint density at radius 3 is 2.68 bits per heavy atom. The van der Waals surface area contributed by atoms with Crippen molar-refractivity contribution in [2.75, 3.05) is 0 Å². The minimum atomic E-state index is 0.549. The fraction of sp³-hybridized carbons (Fsp3) is 0.188. The second kappa shape index (κ2) is 6.46. The van der Waals surface area contributed by atoms with Crippen LogP contribution in [0.2, 0.25) is 0 Å². The van der Waals surface area contributed by atoms with Crippen LogP contribution in [0.15, 0.2) is 53.3 Å². The molecule has 0 radical (unpaired) electrons. The van der Waals surface area contributed by atoms with Crippen LogP contribution in [0.4, 0.5) is 0 Å². The average Bonchev–Trinajstić information content (AvgIpc) is 2.40. The van der Waals surface area contributed by atoms with E-state index >= 15 is 0 Å². The summed E-state index contributed by atoms with van der Waals surface area (Å²) in [5.74, 6) is 0. The fourth-order valence-electron chi connectivity index (χ4n) is 1.92. The lowest BCUT2D eigenvalue weighted by atomic mass is 9.96. The molecular weight excluding hydrogens is 234 g/mol. The number of hydrogen-bond donors (Lipinski definition) is 1. The third-order valence-electron chi connectivity index (χ3n) is 2.99. The Morgan fingerprint density at radius 2 is 2.16 bits per heavy atom. The lowest BCUT2D eigenvalue weighted by molar-refractivity contribution is 1.07. The van der Waals surface area contributed by atoms with Gasteiger partial charge >= 0.3 is 0 Å². The predicted molar refractivity (Wildman–Crippen MR) is 77.6 cm³/mol. The van der Waals surface area contributed by atoms with Crippen LogP contribution < -0.4 is 0 Å². The van der Waals surface area contributed by atoms with Gasteiger partial charge in [0.1, 0.15) is 0 Å². The minimum absolute atomic E-state index is 0.549. The second-order valence-electron chi connectivity index (χ2n) is 4.23. The number of rotatable bonds is 4. The van der Waals surface area contributed by atoms with E-state index in [9.17, 15) is 0 Å². The number of nitrogens with zero attached hydrogens (tertiary/aromatic N) is 2. The highest BCUT2D eigenvalue weighted by Crippen LogP contribution is 2.24. The van der Waals surface area contributed by atoms with Gasteiger partial charge in [0, 0.05) is 0 Å². The molecule has 19 heavy (non-hydrogen) atoms. The molecule has 0 aromatic heterocycles. The highest BCUT2D eigenvalue weighted by molar-refractivity contribution is 5.71. The van der Waals surface area contributed by atoms with Gasteiger partial charge in [0.25, 0.3) is 0 Å². The molecule has 0 fully saturated rings. The van der Waals surface area contributed by atoms with Crippen LogP contribution in [0.1, 0.15) is 30.5 Å². The summed E-state index contributed by atoms with van der Waals surface area (Å²) >= 11 is 0. The van der Waals surface area contributed by atoms with Gasteiger partial charge in [0.15, 0.2) is 0 Å². The third kappa shape index (κ3) is 3.26. The third-order valence-corrected chi connectivity index (χ3v) is 2.99. The zero-order chi connectivity index (χ0) is 14.4. The molecular formula is C16H17N3. The average molecular weight is 251 g/mol. The predicted octanol–water partition coefficient (Wildman–Crippen LogP) is 4.76. The summed E-state index contributed by atoms with van der Waals surface area (Å²) in [5.41, 5.74) is 12.0. The number of nitriles is 1. The molecule has 0 aliphatic rings. The molecule has 0 amide bonds. The highest BCUT2D eigenvalue weighted by Gasteiger charge is 2.06. The molecule has 0 aliphatic carbocycles. The van der Waals surface area contributed by atoms with E-state index in [-0.39, 0.29) is 0 Å². The first kappa shape index (κ1) is 14.6. The van der Waals surface area contributed by atoms with Gasteiger partial charge in [0.2, 0.25) is 0 Å². The van der Waals surface area contributed by atoms with Crippen molar-refractivity contribution in [3.63, 3.8) is 0 Å². The summed E-state index contributed by atoms with van der Waals surface area (Å²) in [6.07, 6.45) is 3.63. The van der Waals surface area contributed by atoms with Crippen molar-refractivity contribution in [2.24, 2.45) is 5.11 Å². The maximum atomic E-state index is 9.03. The molecule has 0 atom stereocenters. The van der Waals surface area contributed by atoms with Gasteiger partial charge in [-0.05, 0) is 55.2 Å². The van der Waals surface area contributed by atoms with E-state index in [2.05, 4.69) is 17.8 Å². The van der Waals surface area contributed by atoms with E-state index in [1.807, 2.05) is 39.0 Å². The van der Waals surface area contributed by atoms with Crippen LogP contribution >= 0.6 is 0 Å². The Balaban J connectivity index is 3.22. The van der Waals surface area contributed by atoms with Gasteiger partial charge in [-0.2, -0.15) is 10.4 Å². The Kier molecular flexibility index (Phi) is 4.96. The Bertz CT molecular complexity index is 613. The maximum absolute atomic E-state index is 9.03. The van der Waals surface area contributed by atoms with Gasteiger partial charge in [-0.15, -0.1) is 0 Å². The van der Waals surface area contributed by atoms with Crippen molar-refractivity contribution in [3.05, 3.63) is 64.9 Å². The molecule has 0 saturated carbocycles. The van der Waals surface area contributed by atoms with E-state index < -0.39 is 0 Å². The molecule has 0 saturated heterocycles. The molecule has 96 valence electrons. The van der Waals surface area contributed by atoms with E-state index in [1.54, 1.807) is 12.1 Å². The molecule has 3 nitrogen and oxygen atoms in total. The largest absolute Gasteiger partial charge is 0.204 e. The zero-order valence-corrected chi connectivity index (χ0v) is 11.5. The summed E-state index contributed by atoms with van der Waals surface area (Å²) < 4.78 is 0. The first-order chi connectivity index (χ1) is 9.04. The molecule has 1 aromatic carbocycles. The van der Waals surface area contributed by atoms with Gasteiger partial charge in [-0.25, -0.2) is 5.53 Å². The van der Waals surface area contributed by atoms with Crippen LogP contribution in [-0.4, -0.2) is 0 Å². The molecule has 0 heterocycles. The summed E-state index contributed by atoms with van der Waals surface area (Å²) in [6, 6.07) is 7.82. The van der Waals surface area contributed by atoms with Crippen LogP contribution in [0.3, 0.4) is 0 Å². The van der Waals surface area contributed by atoms with E-state index in [0.717, 1.165) is 16.7 Å². The van der Waals surface area contributed by atoms with Crippen LogP contribution in [-0.2, 0) is 0 Å². The Labute approximate surface area is 114 Å². The van der Waals surface area contributed by atoms with Crippen molar-refractivity contribution in [3.8, 4) is 6.07 Å². The number of allylic oxidation sites excluding steroid dienone is 3. The summed E-state index contributed by atoms with van der Waals surface area (Å²) in [4.78, 5) is 0. The van der Waals surface area contributed by atoms with E-state index in [0.29, 0.717) is 16.8 Å². The zero-order valence-electron chi connectivity index (χ0n) is 11.5. The van der Waals surface area contributed by atoms with Crippen LogP contribution in [0.5, 0.6) is 0 Å². The molecule has 3 heteroatoms. The molecule has 1 N–H and O–H groups in total. The number of nitrogens with one attached hydrogen (secondary N) is 1. The Hall–Kier alpha value is -2.47.